The number of ether oxygens (including phenoxy) is 1. The van der Waals surface area contributed by atoms with E-state index in [1.54, 1.807) is 13.8 Å². The van der Waals surface area contributed by atoms with Gasteiger partial charge in [-0.05, 0) is 32.0 Å². The topological polar surface area (TPSA) is 105 Å². The molecule has 112 valence electrons. The Balaban J connectivity index is 2.77. The third kappa shape index (κ3) is 5.14. The molecule has 4 N–H and O–H groups in total. The lowest BCUT2D eigenvalue weighted by Gasteiger charge is -2.11. The summed E-state index contributed by atoms with van der Waals surface area (Å²) in [6.45, 7) is 3.67. The van der Waals surface area contributed by atoms with Gasteiger partial charge in [-0.1, -0.05) is 0 Å². The summed E-state index contributed by atoms with van der Waals surface area (Å²) in [5.41, 5.74) is 5.21. The first-order chi connectivity index (χ1) is 9.21. The molecule has 6 nitrogen and oxygen atoms in total. The van der Waals surface area contributed by atoms with E-state index < -0.39 is 21.7 Å². The summed E-state index contributed by atoms with van der Waals surface area (Å²) in [4.78, 5) is 0. The molecule has 0 saturated heterocycles. The molecule has 1 rings (SSSR count). The molecule has 0 atom stereocenters. The highest BCUT2D eigenvalue weighted by atomic mass is 32.2. The number of halogens is 1. The van der Waals surface area contributed by atoms with Crippen molar-refractivity contribution >= 4 is 21.5 Å². The quantitative estimate of drug-likeness (QED) is 0.521. The molecular formula is C12H18FN3O3S. The maximum atomic E-state index is 13.3. The van der Waals surface area contributed by atoms with Gasteiger partial charge in [-0.3, -0.25) is 10.1 Å². The fourth-order valence-corrected chi connectivity index (χ4v) is 2.32. The van der Waals surface area contributed by atoms with Crippen molar-refractivity contribution in [3.05, 3.63) is 29.6 Å². The molecule has 0 aliphatic rings. The zero-order chi connectivity index (χ0) is 15.3. The van der Waals surface area contributed by atoms with E-state index in [1.807, 2.05) is 0 Å². The Hall–Kier alpha value is -1.67. The van der Waals surface area contributed by atoms with E-state index in [1.165, 1.54) is 12.1 Å². The zero-order valence-corrected chi connectivity index (χ0v) is 12.1. The maximum absolute atomic E-state index is 13.3. The van der Waals surface area contributed by atoms with Crippen molar-refractivity contribution in [2.24, 2.45) is 5.73 Å². The Kier molecular flexibility index (Phi) is 5.46. The smallest absolute Gasteiger partial charge is 0.235 e. The summed E-state index contributed by atoms with van der Waals surface area (Å²) in [6.07, 6.45) is -0.0552. The Labute approximate surface area is 117 Å². The molecule has 20 heavy (non-hydrogen) atoms. The lowest BCUT2D eigenvalue weighted by molar-refractivity contribution is 0.0913. The van der Waals surface area contributed by atoms with Crippen LogP contribution in [0.1, 0.15) is 19.4 Å². The van der Waals surface area contributed by atoms with Gasteiger partial charge in [-0.2, -0.15) is 0 Å². The molecule has 1 aromatic rings. The molecule has 8 heteroatoms. The maximum Gasteiger partial charge on any atom is 0.235 e. The van der Waals surface area contributed by atoms with E-state index in [2.05, 4.69) is 4.72 Å². The van der Waals surface area contributed by atoms with E-state index in [0.717, 1.165) is 6.07 Å². The van der Waals surface area contributed by atoms with Gasteiger partial charge in [-0.15, -0.1) is 0 Å². The van der Waals surface area contributed by atoms with Gasteiger partial charge < -0.3 is 10.5 Å². The number of sulfonamides is 1. The van der Waals surface area contributed by atoms with Crippen molar-refractivity contribution in [1.82, 2.24) is 0 Å². The monoisotopic (exact) mass is 303 g/mol. The van der Waals surface area contributed by atoms with Gasteiger partial charge in [-0.25, -0.2) is 12.8 Å². The van der Waals surface area contributed by atoms with Crippen molar-refractivity contribution in [2.45, 2.75) is 20.0 Å². The van der Waals surface area contributed by atoms with Gasteiger partial charge in [0.15, 0.2) is 0 Å². The largest absolute Gasteiger partial charge is 0.384 e. The summed E-state index contributed by atoms with van der Waals surface area (Å²) < 4.78 is 44.3. The van der Waals surface area contributed by atoms with E-state index in [9.17, 15) is 12.8 Å². The van der Waals surface area contributed by atoms with Crippen LogP contribution in [0.2, 0.25) is 0 Å². The highest BCUT2D eigenvalue weighted by Gasteiger charge is 2.13. The molecule has 1 aromatic carbocycles. The number of nitrogens with two attached hydrogens (primary N) is 1. The number of rotatable bonds is 7. The number of nitrogens with one attached hydrogen (secondary N) is 2. The molecule has 0 heterocycles. The third-order valence-corrected chi connectivity index (χ3v) is 3.58. The lowest BCUT2D eigenvalue weighted by Crippen LogP contribution is -2.22. The molecule has 0 aromatic heterocycles. The van der Waals surface area contributed by atoms with E-state index in [0.29, 0.717) is 0 Å². The predicted molar refractivity (Wildman–Crippen MR) is 75.9 cm³/mol. The number of hydrogen-bond acceptors (Lipinski definition) is 4. The van der Waals surface area contributed by atoms with Crippen molar-refractivity contribution in [1.29, 1.82) is 5.41 Å². The highest BCUT2D eigenvalue weighted by molar-refractivity contribution is 7.92. The van der Waals surface area contributed by atoms with Crippen LogP contribution in [-0.4, -0.2) is 32.7 Å². The van der Waals surface area contributed by atoms with Gasteiger partial charge in [0.1, 0.15) is 11.7 Å². The molecule has 0 unspecified atom stereocenters. The Morgan fingerprint density at radius 2 is 2.15 bits per heavy atom. The van der Waals surface area contributed by atoms with E-state index in [4.69, 9.17) is 15.9 Å². The molecule has 0 amide bonds. The normalized spacial score (nSPS) is 11.6. The summed E-state index contributed by atoms with van der Waals surface area (Å²) in [5.74, 6) is -1.35. The van der Waals surface area contributed by atoms with Crippen LogP contribution in [0.15, 0.2) is 18.2 Å². The van der Waals surface area contributed by atoms with Crippen LogP contribution in [0.4, 0.5) is 10.1 Å². The average Bonchev–Trinajstić information content (AvgIpc) is 2.30. The summed E-state index contributed by atoms with van der Waals surface area (Å²) in [6, 6.07) is 3.50. The van der Waals surface area contributed by atoms with E-state index in [-0.39, 0.29) is 29.7 Å². The second kappa shape index (κ2) is 6.67. The minimum absolute atomic E-state index is 0.0552. The fraction of sp³-hybridized carbons (Fsp3) is 0.417. The summed E-state index contributed by atoms with van der Waals surface area (Å²) >= 11 is 0. The number of amidine groups is 1. The molecule has 0 saturated carbocycles. The van der Waals surface area contributed by atoms with Crippen LogP contribution in [0, 0.1) is 11.2 Å². The zero-order valence-electron chi connectivity index (χ0n) is 11.3. The first-order valence-electron chi connectivity index (χ1n) is 5.97. The summed E-state index contributed by atoms with van der Waals surface area (Å²) in [5, 5.41) is 7.20. The SMILES string of the molecule is CC(C)OCCS(=O)(=O)Nc1ccc(F)c(C(=N)N)c1. The fourth-order valence-electron chi connectivity index (χ4n) is 1.42. The van der Waals surface area contributed by atoms with Gasteiger partial charge >= 0.3 is 0 Å². The average molecular weight is 303 g/mol. The first kappa shape index (κ1) is 16.4. The molecular weight excluding hydrogens is 285 g/mol. The Morgan fingerprint density at radius 3 is 2.70 bits per heavy atom. The second-order valence-electron chi connectivity index (χ2n) is 4.45. The Morgan fingerprint density at radius 1 is 1.50 bits per heavy atom. The predicted octanol–water partition coefficient (Wildman–Crippen LogP) is 1.28. The van der Waals surface area contributed by atoms with Gasteiger partial charge in [0.25, 0.3) is 0 Å². The van der Waals surface area contributed by atoms with E-state index >= 15 is 0 Å². The van der Waals surface area contributed by atoms with Crippen LogP contribution < -0.4 is 10.5 Å². The molecule has 0 fully saturated rings. The lowest BCUT2D eigenvalue weighted by atomic mass is 10.2. The van der Waals surface area contributed by atoms with Crippen molar-refractivity contribution < 1.29 is 17.5 Å². The molecule has 0 spiro atoms. The van der Waals surface area contributed by atoms with Crippen LogP contribution in [0.5, 0.6) is 0 Å². The minimum atomic E-state index is -3.59. The van der Waals surface area contributed by atoms with Gasteiger partial charge in [0.2, 0.25) is 10.0 Å². The first-order valence-corrected chi connectivity index (χ1v) is 7.62. The molecule has 0 aliphatic heterocycles. The number of anilines is 1. The second-order valence-corrected chi connectivity index (χ2v) is 6.29. The van der Waals surface area contributed by atoms with Crippen LogP contribution >= 0.6 is 0 Å². The number of hydrogen-bond donors (Lipinski definition) is 3. The van der Waals surface area contributed by atoms with Crippen LogP contribution in [0.3, 0.4) is 0 Å². The molecule has 0 aliphatic carbocycles. The molecule has 0 radical (unpaired) electrons. The minimum Gasteiger partial charge on any atom is -0.384 e. The van der Waals surface area contributed by atoms with Gasteiger partial charge in [0, 0.05) is 5.69 Å². The van der Waals surface area contributed by atoms with Gasteiger partial charge in [0.05, 0.1) is 24.0 Å². The number of benzene rings is 1. The summed E-state index contributed by atoms with van der Waals surface area (Å²) in [7, 11) is -3.59. The Bertz CT molecular complexity index is 588. The van der Waals surface area contributed by atoms with Crippen LogP contribution in [0.25, 0.3) is 0 Å². The van der Waals surface area contributed by atoms with Crippen molar-refractivity contribution in [2.75, 3.05) is 17.1 Å². The highest BCUT2D eigenvalue weighted by Crippen LogP contribution is 2.15. The van der Waals surface area contributed by atoms with Crippen LogP contribution in [-0.2, 0) is 14.8 Å². The third-order valence-electron chi connectivity index (χ3n) is 2.33. The molecule has 0 bridgehead atoms. The number of nitrogen functional groups attached to an aromatic ring is 1. The standard InChI is InChI=1S/C12H18FN3O3S/c1-8(2)19-5-6-20(17,18)16-9-3-4-11(13)10(7-9)12(14)15/h3-4,7-8,16H,5-6H2,1-2H3,(H3,14,15). The van der Waals surface area contributed by atoms with Crippen molar-refractivity contribution in [3.63, 3.8) is 0 Å². The van der Waals surface area contributed by atoms with Crippen molar-refractivity contribution in [3.8, 4) is 0 Å².